The van der Waals surface area contributed by atoms with Gasteiger partial charge in [0.05, 0.1) is 12.4 Å². The maximum absolute atomic E-state index is 11.7. The summed E-state index contributed by atoms with van der Waals surface area (Å²) in [5.41, 5.74) is 3.11. The largest absolute Gasteiger partial charge is 0.465 e. The van der Waals surface area contributed by atoms with Gasteiger partial charge < -0.3 is 4.74 Å². The summed E-state index contributed by atoms with van der Waals surface area (Å²) in [7, 11) is 0. The van der Waals surface area contributed by atoms with Crippen molar-refractivity contribution in [3.05, 3.63) is 60.2 Å². The third-order valence-electron chi connectivity index (χ3n) is 3.58. The van der Waals surface area contributed by atoms with Gasteiger partial charge >= 0.3 is 5.97 Å². The number of aromatic nitrogens is 3. The highest BCUT2D eigenvalue weighted by molar-refractivity contribution is 7.99. The summed E-state index contributed by atoms with van der Waals surface area (Å²) in [6, 6.07) is 18.0. The Morgan fingerprint density at radius 2 is 1.80 bits per heavy atom. The van der Waals surface area contributed by atoms with Gasteiger partial charge in [0.25, 0.3) is 0 Å². The molecule has 6 heteroatoms. The molecular weight excluding hydrogens is 334 g/mol. The number of benzene rings is 2. The summed E-state index contributed by atoms with van der Waals surface area (Å²) in [6.45, 7) is 4.22. The second-order valence-electron chi connectivity index (χ2n) is 5.44. The highest BCUT2D eigenvalue weighted by Gasteiger charge is 2.17. The number of thioether (sulfide) groups is 1. The molecule has 2 aromatic carbocycles. The average molecular weight is 353 g/mol. The molecule has 1 heterocycles. The van der Waals surface area contributed by atoms with E-state index >= 15 is 0 Å². The lowest BCUT2D eigenvalue weighted by molar-refractivity contribution is -0.139. The van der Waals surface area contributed by atoms with E-state index in [1.807, 2.05) is 66.1 Å². The first-order valence-corrected chi connectivity index (χ1v) is 9.04. The molecule has 0 saturated heterocycles. The number of aryl methyl sites for hydroxylation is 1. The minimum Gasteiger partial charge on any atom is -0.465 e. The van der Waals surface area contributed by atoms with Crippen LogP contribution in [0.5, 0.6) is 0 Å². The van der Waals surface area contributed by atoms with Crippen LogP contribution < -0.4 is 0 Å². The van der Waals surface area contributed by atoms with Crippen LogP contribution in [-0.2, 0) is 9.53 Å². The molecule has 0 saturated carbocycles. The molecule has 0 aliphatic rings. The van der Waals surface area contributed by atoms with Crippen LogP contribution in [-0.4, -0.2) is 33.1 Å². The van der Waals surface area contributed by atoms with E-state index in [-0.39, 0.29) is 11.7 Å². The van der Waals surface area contributed by atoms with Crippen LogP contribution in [0.3, 0.4) is 0 Å². The zero-order valence-electron chi connectivity index (χ0n) is 14.2. The predicted molar refractivity (Wildman–Crippen MR) is 98.9 cm³/mol. The van der Waals surface area contributed by atoms with Gasteiger partial charge in [-0.1, -0.05) is 59.8 Å². The van der Waals surface area contributed by atoms with Crippen LogP contribution >= 0.6 is 11.8 Å². The van der Waals surface area contributed by atoms with Crippen molar-refractivity contribution in [3.8, 4) is 17.1 Å². The molecule has 0 bridgehead atoms. The minimum absolute atomic E-state index is 0.201. The third kappa shape index (κ3) is 4.09. The molecule has 5 nitrogen and oxygen atoms in total. The topological polar surface area (TPSA) is 57.0 Å². The van der Waals surface area contributed by atoms with E-state index in [0.717, 1.165) is 17.1 Å². The molecule has 128 valence electrons. The lowest BCUT2D eigenvalue weighted by atomic mass is 10.2. The number of carbonyl (C=O) groups is 1. The predicted octanol–water partition coefficient (Wildman–Crippen LogP) is 3.90. The molecule has 0 aliphatic heterocycles. The number of hydrogen-bond acceptors (Lipinski definition) is 5. The number of esters is 1. The third-order valence-corrected chi connectivity index (χ3v) is 4.48. The first kappa shape index (κ1) is 17.2. The van der Waals surface area contributed by atoms with E-state index in [2.05, 4.69) is 10.2 Å². The fourth-order valence-corrected chi connectivity index (χ4v) is 3.14. The molecule has 3 aromatic rings. The second kappa shape index (κ2) is 7.98. The Kier molecular flexibility index (Phi) is 5.50. The lowest BCUT2D eigenvalue weighted by Crippen LogP contribution is -2.08. The van der Waals surface area contributed by atoms with E-state index in [1.165, 1.54) is 17.3 Å². The summed E-state index contributed by atoms with van der Waals surface area (Å²) in [6.07, 6.45) is 0. The van der Waals surface area contributed by atoms with Crippen molar-refractivity contribution in [2.24, 2.45) is 0 Å². The normalized spacial score (nSPS) is 10.6. The Balaban J connectivity index is 1.99. The van der Waals surface area contributed by atoms with E-state index < -0.39 is 0 Å². The van der Waals surface area contributed by atoms with E-state index in [9.17, 15) is 4.79 Å². The van der Waals surface area contributed by atoms with E-state index in [0.29, 0.717) is 11.8 Å². The van der Waals surface area contributed by atoms with Gasteiger partial charge in [-0.05, 0) is 26.0 Å². The number of rotatable bonds is 6. The zero-order chi connectivity index (χ0) is 17.6. The fourth-order valence-electron chi connectivity index (χ4n) is 2.39. The van der Waals surface area contributed by atoms with Gasteiger partial charge in [-0.15, -0.1) is 10.2 Å². The number of hydrogen-bond donors (Lipinski definition) is 0. The Bertz CT molecular complexity index is 845. The van der Waals surface area contributed by atoms with Gasteiger partial charge in [0.15, 0.2) is 11.0 Å². The molecule has 0 spiro atoms. The molecule has 0 radical (unpaired) electrons. The number of carbonyl (C=O) groups excluding carboxylic acids is 1. The van der Waals surface area contributed by atoms with Crippen molar-refractivity contribution >= 4 is 17.7 Å². The highest BCUT2D eigenvalue weighted by atomic mass is 32.2. The van der Waals surface area contributed by atoms with Crippen LogP contribution in [0.4, 0.5) is 0 Å². The van der Waals surface area contributed by atoms with E-state index in [4.69, 9.17) is 4.74 Å². The van der Waals surface area contributed by atoms with Gasteiger partial charge in [0.2, 0.25) is 0 Å². The smallest absolute Gasteiger partial charge is 0.316 e. The van der Waals surface area contributed by atoms with Crippen molar-refractivity contribution in [1.82, 2.24) is 14.8 Å². The van der Waals surface area contributed by atoms with Crippen molar-refractivity contribution in [2.45, 2.75) is 19.0 Å². The first-order chi connectivity index (χ1) is 12.2. The van der Waals surface area contributed by atoms with Crippen molar-refractivity contribution < 1.29 is 9.53 Å². The quantitative estimate of drug-likeness (QED) is 0.497. The van der Waals surface area contributed by atoms with Crippen LogP contribution in [0.1, 0.15) is 12.5 Å². The molecule has 0 atom stereocenters. The standard InChI is InChI=1S/C19H19N3O2S/c1-3-24-17(23)13-25-19-21-20-18(15-7-5-4-6-8-15)22(19)16-11-9-14(2)10-12-16/h4-12H,3,13H2,1-2H3. The highest BCUT2D eigenvalue weighted by Crippen LogP contribution is 2.28. The molecule has 1 aromatic heterocycles. The van der Waals surface area contributed by atoms with Crippen molar-refractivity contribution in [3.63, 3.8) is 0 Å². The maximum atomic E-state index is 11.7. The maximum Gasteiger partial charge on any atom is 0.316 e. The molecule has 0 unspecified atom stereocenters. The van der Waals surface area contributed by atoms with Gasteiger partial charge in [-0.3, -0.25) is 9.36 Å². The first-order valence-electron chi connectivity index (χ1n) is 8.05. The summed E-state index contributed by atoms with van der Waals surface area (Å²) < 4.78 is 6.97. The summed E-state index contributed by atoms with van der Waals surface area (Å²) >= 11 is 1.32. The summed E-state index contributed by atoms with van der Waals surface area (Å²) in [5, 5.41) is 9.30. The van der Waals surface area contributed by atoms with Crippen molar-refractivity contribution in [2.75, 3.05) is 12.4 Å². The lowest BCUT2D eigenvalue weighted by Gasteiger charge is -2.10. The van der Waals surface area contributed by atoms with E-state index in [1.54, 1.807) is 6.92 Å². The Labute approximate surface area is 151 Å². The molecule has 3 rings (SSSR count). The second-order valence-corrected chi connectivity index (χ2v) is 6.38. The van der Waals surface area contributed by atoms with Gasteiger partial charge in [-0.25, -0.2) is 0 Å². The zero-order valence-corrected chi connectivity index (χ0v) is 15.0. The van der Waals surface area contributed by atoms with Gasteiger partial charge in [0, 0.05) is 11.3 Å². The monoisotopic (exact) mass is 353 g/mol. The van der Waals surface area contributed by atoms with Gasteiger partial charge in [0.1, 0.15) is 0 Å². The molecular formula is C19H19N3O2S. The molecule has 0 amide bonds. The molecule has 25 heavy (non-hydrogen) atoms. The van der Waals surface area contributed by atoms with Crippen molar-refractivity contribution in [1.29, 1.82) is 0 Å². The summed E-state index contributed by atoms with van der Waals surface area (Å²) in [5.74, 6) is 0.690. The van der Waals surface area contributed by atoms with Crippen LogP contribution in [0, 0.1) is 6.92 Å². The number of ether oxygens (including phenoxy) is 1. The minimum atomic E-state index is -0.257. The Hall–Kier alpha value is -2.60. The number of nitrogens with zero attached hydrogens (tertiary/aromatic N) is 3. The average Bonchev–Trinajstić information content (AvgIpc) is 3.05. The van der Waals surface area contributed by atoms with Crippen LogP contribution in [0.15, 0.2) is 59.8 Å². The van der Waals surface area contributed by atoms with Gasteiger partial charge in [-0.2, -0.15) is 0 Å². The summed E-state index contributed by atoms with van der Waals surface area (Å²) in [4.78, 5) is 11.7. The Morgan fingerprint density at radius 3 is 2.48 bits per heavy atom. The molecule has 0 N–H and O–H groups in total. The molecule has 0 aliphatic carbocycles. The fraction of sp³-hybridized carbons (Fsp3) is 0.211. The van der Waals surface area contributed by atoms with Crippen LogP contribution in [0.2, 0.25) is 0 Å². The SMILES string of the molecule is CCOC(=O)CSc1nnc(-c2ccccc2)n1-c1ccc(C)cc1. The molecule has 0 fully saturated rings. The Morgan fingerprint density at radius 1 is 1.08 bits per heavy atom. The van der Waals surface area contributed by atoms with Crippen LogP contribution in [0.25, 0.3) is 17.1 Å².